The second-order valence-electron chi connectivity index (χ2n) is 2.95. The highest BCUT2D eigenvalue weighted by molar-refractivity contribution is 9.10. The number of nitriles is 1. The number of anilines is 1. The summed E-state index contributed by atoms with van der Waals surface area (Å²) in [6.45, 7) is 0. The molecule has 2 aromatic rings. The summed E-state index contributed by atoms with van der Waals surface area (Å²) in [4.78, 5) is 6.80. The van der Waals surface area contributed by atoms with Crippen LogP contribution in [0.1, 0.15) is 5.56 Å². The maximum Gasteiger partial charge on any atom is 0.120 e. The average Bonchev–Trinajstić information content (AvgIpc) is 2.54. The summed E-state index contributed by atoms with van der Waals surface area (Å²) in [6.07, 6.45) is 3.35. The average molecular weight is 263 g/mol. The third-order valence-electron chi connectivity index (χ3n) is 2.06. The molecule has 74 valence electrons. The van der Waals surface area contributed by atoms with E-state index in [1.54, 1.807) is 12.4 Å². The molecule has 2 heterocycles. The molecule has 0 aliphatic rings. The zero-order chi connectivity index (χ0) is 10.8. The molecule has 0 fully saturated rings. The third-order valence-corrected chi connectivity index (χ3v) is 2.66. The van der Waals surface area contributed by atoms with Crippen molar-refractivity contribution < 1.29 is 0 Å². The fraction of sp³-hybridized carbons (Fsp3) is 0. The molecular formula is C10H7BrN4. The monoisotopic (exact) mass is 262 g/mol. The summed E-state index contributed by atoms with van der Waals surface area (Å²) in [5, 5.41) is 8.99. The first-order valence-corrected chi connectivity index (χ1v) is 5.00. The van der Waals surface area contributed by atoms with Crippen molar-refractivity contribution in [3.05, 3.63) is 34.7 Å². The van der Waals surface area contributed by atoms with Crippen molar-refractivity contribution in [1.29, 1.82) is 5.26 Å². The molecule has 0 saturated heterocycles. The number of aromatic amines is 1. The van der Waals surface area contributed by atoms with Gasteiger partial charge in [-0.25, -0.2) is 0 Å². The number of nitrogen functional groups attached to an aromatic ring is 1. The van der Waals surface area contributed by atoms with Gasteiger partial charge in [0.15, 0.2) is 0 Å². The van der Waals surface area contributed by atoms with Crippen molar-refractivity contribution in [2.24, 2.45) is 0 Å². The fourth-order valence-electron chi connectivity index (χ4n) is 1.39. The predicted octanol–water partition coefficient (Wildman–Crippen LogP) is 2.29. The molecule has 0 aliphatic carbocycles. The van der Waals surface area contributed by atoms with Gasteiger partial charge < -0.3 is 10.7 Å². The Kier molecular flexibility index (Phi) is 2.44. The Morgan fingerprint density at radius 1 is 1.40 bits per heavy atom. The highest BCUT2D eigenvalue weighted by Crippen LogP contribution is 2.34. The molecule has 4 nitrogen and oxygen atoms in total. The third kappa shape index (κ3) is 1.60. The SMILES string of the molecule is N#Cc1c(N)[nH]c(Br)c1-c1ccncc1. The van der Waals surface area contributed by atoms with Crippen LogP contribution in [0.4, 0.5) is 5.82 Å². The second-order valence-corrected chi connectivity index (χ2v) is 3.74. The molecule has 2 rings (SSSR count). The van der Waals surface area contributed by atoms with Crippen molar-refractivity contribution >= 4 is 21.7 Å². The van der Waals surface area contributed by atoms with Crippen LogP contribution in [0.2, 0.25) is 0 Å². The molecule has 0 saturated carbocycles. The minimum Gasteiger partial charge on any atom is -0.384 e. The van der Waals surface area contributed by atoms with E-state index >= 15 is 0 Å². The van der Waals surface area contributed by atoms with Gasteiger partial charge in [-0.05, 0) is 33.6 Å². The van der Waals surface area contributed by atoms with Crippen LogP contribution in [0.15, 0.2) is 29.1 Å². The maximum absolute atomic E-state index is 8.99. The zero-order valence-electron chi connectivity index (χ0n) is 7.66. The van der Waals surface area contributed by atoms with E-state index in [9.17, 15) is 0 Å². The molecule has 0 aliphatic heterocycles. The molecule has 15 heavy (non-hydrogen) atoms. The minimum absolute atomic E-state index is 0.371. The first kappa shape index (κ1) is 9.74. The smallest absolute Gasteiger partial charge is 0.120 e. The first-order valence-electron chi connectivity index (χ1n) is 4.21. The number of pyridine rings is 1. The summed E-state index contributed by atoms with van der Waals surface area (Å²) in [5.41, 5.74) is 7.80. The van der Waals surface area contributed by atoms with Gasteiger partial charge in [0.2, 0.25) is 0 Å². The molecule has 0 amide bonds. The number of nitrogens with one attached hydrogen (secondary N) is 1. The van der Waals surface area contributed by atoms with Gasteiger partial charge in [-0.15, -0.1) is 0 Å². The molecule has 5 heteroatoms. The van der Waals surface area contributed by atoms with E-state index in [1.807, 2.05) is 12.1 Å². The van der Waals surface area contributed by atoms with E-state index in [0.717, 1.165) is 11.1 Å². The zero-order valence-corrected chi connectivity index (χ0v) is 9.25. The Balaban J connectivity index is 2.69. The van der Waals surface area contributed by atoms with Gasteiger partial charge in [0, 0.05) is 18.0 Å². The highest BCUT2D eigenvalue weighted by Gasteiger charge is 2.15. The fourth-order valence-corrected chi connectivity index (χ4v) is 2.03. The van der Waals surface area contributed by atoms with Crippen molar-refractivity contribution in [3.63, 3.8) is 0 Å². The Labute approximate surface area is 94.9 Å². The molecule has 0 atom stereocenters. The topological polar surface area (TPSA) is 78.5 Å². The van der Waals surface area contributed by atoms with Crippen LogP contribution in [0.3, 0.4) is 0 Å². The summed E-state index contributed by atoms with van der Waals surface area (Å²) < 4.78 is 0.711. The van der Waals surface area contributed by atoms with E-state index in [0.29, 0.717) is 16.0 Å². The maximum atomic E-state index is 8.99. The molecule has 0 unspecified atom stereocenters. The number of aromatic nitrogens is 2. The summed E-state index contributed by atoms with van der Waals surface area (Å²) in [6, 6.07) is 5.73. The Morgan fingerprint density at radius 2 is 2.07 bits per heavy atom. The second kappa shape index (κ2) is 3.75. The lowest BCUT2D eigenvalue weighted by Gasteiger charge is -1.98. The van der Waals surface area contributed by atoms with Crippen molar-refractivity contribution in [2.75, 3.05) is 5.73 Å². The van der Waals surface area contributed by atoms with Crippen LogP contribution < -0.4 is 5.73 Å². The molecule has 0 radical (unpaired) electrons. The lowest BCUT2D eigenvalue weighted by Crippen LogP contribution is -1.87. The molecule has 0 spiro atoms. The van der Waals surface area contributed by atoms with Gasteiger partial charge in [0.05, 0.1) is 4.60 Å². The number of hydrogen-bond donors (Lipinski definition) is 2. The van der Waals surface area contributed by atoms with Crippen molar-refractivity contribution in [1.82, 2.24) is 9.97 Å². The van der Waals surface area contributed by atoms with Gasteiger partial charge in [0.25, 0.3) is 0 Å². The van der Waals surface area contributed by atoms with Crippen molar-refractivity contribution in [2.45, 2.75) is 0 Å². The van der Waals surface area contributed by atoms with Gasteiger partial charge in [-0.3, -0.25) is 4.98 Å². The number of nitrogens with zero attached hydrogens (tertiary/aromatic N) is 2. The van der Waals surface area contributed by atoms with Gasteiger partial charge in [-0.2, -0.15) is 5.26 Å². The van der Waals surface area contributed by atoms with Crippen LogP contribution in [0.5, 0.6) is 0 Å². The molecule has 0 aromatic carbocycles. The number of hydrogen-bond acceptors (Lipinski definition) is 3. The standard InChI is InChI=1S/C10H7BrN4/c11-9-8(6-1-3-14-4-2-6)7(5-12)10(13)15-9/h1-4,15H,13H2. The van der Waals surface area contributed by atoms with E-state index in [4.69, 9.17) is 11.0 Å². The quantitative estimate of drug-likeness (QED) is 0.828. The number of nitrogens with two attached hydrogens (primary N) is 1. The summed E-state index contributed by atoms with van der Waals surface area (Å²) in [7, 11) is 0. The van der Waals surface area contributed by atoms with E-state index in [1.165, 1.54) is 0 Å². The van der Waals surface area contributed by atoms with Gasteiger partial charge >= 0.3 is 0 Å². The normalized spacial score (nSPS) is 9.87. The Bertz CT molecular complexity index is 524. The Hall–Kier alpha value is -1.80. The van der Waals surface area contributed by atoms with Crippen molar-refractivity contribution in [3.8, 4) is 17.2 Å². The van der Waals surface area contributed by atoms with Crippen LogP contribution in [-0.2, 0) is 0 Å². The lowest BCUT2D eigenvalue weighted by atomic mass is 10.1. The minimum atomic E-state index is 0.371. The number of rotatable bonds is 1. The molecular weight excluding hydrogens is 256 g/mol. The molecule has 0 bridgehead atoms. The van der Waals surface area contributed by atoms with Crippen LogP contribution in [0, 0.1) is 11.3 Å². The summed E-state index contributed by atoms with van der Waals surface area (Å²) >= 11 is 3.34. The number of halogens is 1. The van der Waals surface area contributed by atoms with E-state index in [2.05, 4.69) is 32.0 Å². The highest BCUT2D eigenvalue weighted by atomic mass is 79.9. The van der Waals surface area contributed by atoms with E-state index in [-0.39, 0.29) is 0 Å². The lowest BCUT2D eigenvalue weighted by molar-refractivity contribution is 1.32. The van der Waals surface area contributed by atoms with Crippen LogP contribution >= 0.6 is 15.9 Å². The van der Waals surface area contributed by atoms with Crippen LogP contribution in [0.25, 0.3) is 11.1 Å². The largest absolute Gasteiger partial charge is 0.384 e. The van der Waals surface area contributed by atoms with Crippen LogP contribution in [-0.4, -0.2) is 9.97 Å². The van der Waals surface area contributed by atoms with Gasteiger partial charge in [0.1, 0.15) is 17.5 Å². The summed E-state index contributed by atoms with van der Waals surface area (Å²) in [5.74, 6) is 0.371. The molecule has 3 N–H and O–H groups in total. The Morgan fingerprint density at radius 3 is 2.67 bits per heavy atom. The number of H-pyrrole nitrogens is 1. The van der Waals surface area contributed by atoms with Gasteiger partial charge in [-0.1, -0.05) is 0 Å². The molecule has 2 aromatic heterocycles. The van der Waals surface area contributed by atoms with E-state index < -0.39 is 0 Å². The predicted molar refractivity (Wildman–Crippen MR) is 60.9 cm³/mol. The first-order chi connectivity index (χ1) is 7.24.